The van der Waals surface area contributed by atoms with Gasteiger partial charge in [-0.3, -0.25) is 4.79 Å². The van der Waals surface area contributed by atoms with Crippen LogP contribution in [0.25, 0.3) is 10.8 Å². The van der Waals surface area contributed by atoms with E-state index in [1.54, 1.807) is 4.90 Å². The molecule has 2 nitrogen and oxygen atoms in total. The summed E-state index contributed by atoms with van der Waals surface area (Å²) in [6.07, 6.45) is 0.441. The Morgan fingerprint density at radius 1 is 1.12 bits per heavy atom. The van der Waals surface area contributed by atoms with Gasteiger partial charge < -0.3 is 4.90 Å². The molecule has 0 saturated carbocycles. The number of carbonyl (C=O) groups is 1. The van der Waals surface area contributed by atoms with E-state index in [1.165, 1.54) is 27.5 Å². The zero-order valence-electron chi connectivity index (χ0n) is 14.7. The number of rotatable bonds is 3. The van der Waals surface area contributed by atoms with Gasteiger partial charge in [0.05, 0.1) is 6.54 Å². The molecule has 1 heterocycles. The molecule has 3 heteroatoms. The standard InChI is InChI=1S/C23H20ClNO/c1-15-7-3-5-9-18(15)20-13-22(26)25(14-16(2)24)21-12-11-17-8-4-6-10-19(17)23(20)21/h3-12,20H,2,13-14H2,1H3. The number of fused-ring (bicyclic) bond motifs is 3. The van der Waals surface area contributed by atoms with Crippen LogP contribution in [-0.4, -0.2) is 12.5 Å². The molecule has 130 valence electrons. The molecule has 0 spiro atoms. The highest BCUT2D eigenvalue weighted by Gasteiger charge is 2.34. The maximum Gasteiger partial charge on any atom is 0.228 e. The van der Waals surface area contributed by atoms with E-state index in [0.29, 0.717) is 18.0 Å². The van der Waals surface area contributed by atoms with Crippen molar-refractivity contribution in [1.82, 2.24) is 0 Å². The summed E-state index contributed by atoms with van der Waals surface area (Å²) >= 11 is 6.05. The van der Waals surface area contributed by atoms with E-state index < -0.39 is 0 Å². The van der Waals surface area contributed by atoms with Crippen LogP contribution in [0.15, 0.2) is 72.3 Å². The van der Waals surface area contributed by atoms with E-state index in [-0.39, 0.29) is 11.8 Å². The molecule has 0 N–H and O–H groups in total. The van der Waals surface area contributed by atoms with Crippen LogP contribution in [-0.2, 0) is 4.79 Å². The molecule has 0 fully saturated rings. The van der Waals surface area contributed by atoms with Gasteiger partial charge in [-0.1, -0.05) is 72.8 Å². The Balaban J connectivity index is 2.00. The summed E-state index contributed by atoms with van der Waals surface area (Å²) in [5.74, 6) is 0.132. The Morgan fingerprint density at radius 3 is 2.62 bits per heavy atom. The van der Waals surface area contributed by atoms with E-state index in [1.807, 2.05) is 24.3 Å². The first kappa shape index (κ1) is 16.9. The molecule has 3 aromatic rings. The lowest BCUT2D eigenvalue weighted by atomic mass is 9.80. The van der Waals surface area contributed by atoms with Crippen LogP contribution in [0.5, 0.6) is 0 Å². The highest BCUT2D eigenvalue weighted by molar-refractivity contribution is 6.30. The van der Waals surface area contributed by atoms with Gasteiger partial charge in [0, 0.05) is 23.1 Å². The van der Waals surface area contributed by atoms with E-state index in [2.05, 4.69) is 49.9 Å². The molecule has 0 saturated heterocycles. The average molecular weight is 362 g/mol. The normalized spacial score (nSPS) is 16.6. The van der Waals surface area contributed by atoms with Crippen molar-refractivity contribution in [3.05, 3.63) is 89.0 Å². The fraction of sp³-hybridized carbons (Fsp3) is 0.174. The minimum Gasteiger partial charge on any atom is -0.307 e. The van der Waals surface area contributed by atoms with Gasteiger partial charge >= 0.3 is 0 Å². The molecule has 1 aliphatic rings. The van der Waals surface area contributed by atoms with E-state index in [4.69, 9.17) is 11.6 Å². The average Bonchev–Trinajstić information content (AvgIpc) is 2.63. The Morgan fingerprint density at radius 2 is 1.85 bits per heavy atom. The Hall–Kier alpha value is -2.58. The van der Waals surface area contributed by atoms with Crippen LogP contribution in [0, 0.1) is 6.92 Å². The minimum atomic E-state index is 0.0460. The molecule has 0 aromatic heterocycles. The number of nitrogens with zero attached hydrogens (tertiary/aromatic N) is 1. The second-order valence-corrected chi connectivity index (χ2v) is 7.36. The maximum absolute atomic E-state index is 12.9. The van der Waals surface area contributed by atoms with Gasteiger partial charge in [-0.2, -0.15) is 0 Å². The van der Waals surface area contributed by atoms with Gasteiger partial charge in [0.25, 0.3) is 0 Å². The van der Waals surface area contributed by atoms with Crippen molar-refractivity contribution >= 4 is 34.0 Å². The van der Waals surface area contributed by atoms with E-state index >= 15 is 0 Å². The molecule has 26 heavy (non-hydrogen) atoms. The Kier molecular flexibility index (Phi) is 4.29. The van der Waals surface area contributed by atoms with Crippen molar-refractivity contribution in [2.24, 2.45) is 0 Å². The van der Waals surface area contributed by atoms with Gasteiger partial charge in [0.2, 0.25) is 5.91 Å². The van der Waals surface area contributed by atoms with Crippen molar-refractivity contribution in [2.45, 2.75) is 19.3 Å². The highest BCUT2D eigenvalue weighted by Crippen LogP contribution is 2.44. The first-order valence-electron chi connectivity index (χ1n) is 8.77. The molecule has 0 bridgehead atoms. The SMILES string of the molecule is C=C(Cl)CN1C(=O)CC(c2ccccc2C)c2c1ccc1ccccc21. The van der Waals surface area contributed by atoms with Crippen LogP contribution in [0.2, 0.25) is 0 Å². The van der Waals surface area contributed by atoms with Crippen LogP contribution in [0.4, 0.5) is 5.69 Å². The third-order valence-corrected chi connectivity index (χ3v) is 5.28. The number of aryl methyl sites for hydroxylation is 1. The molecule has 1 unspecified atom stereocenters. The summed E-state index contributed by atoms with van der Waals surface area (Å²) < 4.78 is 0. The molecule has 1 atom stereocenters. The zero-order valence-corrected chi connectivity index (χ0v) is 15.5. The van der Waals surface area contributed by atoms with Crippen molar-refractivity contribution in [2.75, 3.05) is 11.4 Å². The lowest BCUT2D eigenvalue weighted by molar-refractivity contribution is -0.119. The second kappa shape index (κ2) is 6.62. The predicted octanol–water partition coefficient (Wildman–Crippen LogP) is 5.77. The number of hydrogen-bond donors (Lipinski definition) is 0. The number of anilines is 1. The number of amides is 1. The topological polar surface area (TPSA) is 20.3 Å². The van der Waals surface area contributed by atoms with Gasteiger partial charge in [-0.25, -0.2) is 0 Å². The maximum atomic E-state index is 12.9. The molecule has 1 aliphatic heterocycles. The summed E-state index contributed by atoms with van der Waals surface area (Å²) in [5, 5.41) is 2.84. The quantitative estimate of drug-likeness (QED) is 0.580. The summed E-state index contributed by atoms with van der Waals surface area (Å²) in [5.41, 5.74) is 4.56. The molecule has 1 amide bonds. The Bertz CT molecular complexity index is 1020. The number of carbonyl (C=O) groups excluding carboxylic acids is 1. The predicted molar refractivity (Wildman–Crippen MR) is 109 cm³/mol. The number of benzene rings is 3. The summed E-state index contributed by atoms with van der Waals surface area (Å²) in [7, 11) is 0. The zero-order chi connectivity index (χ0) is 18.3. The molecule has 4 rings (SSSR count). The lowest BCUT2D eigenvalue weighted by Crippen LogP contribution is -2.38. The fourth-order valence-corrected chi connectivity index (χ4v) is 4.11. The first-order valence-corrected chi connectivity index (χ1v) is 9.15. The van der Waals surface area contributed by atoms with Crippen molar-refractivity contribution in [3.63, 3.8) is 0 Å². The Labute approximate surface area is 158 Å². The van der Waals surface area contributed by atoms with Crippen molar-refractivity contribution < 1.29 is 4.79 Å². The monoisotopic (exact) mass is 361 g/mol. The summed E-state index contributed by atoms with van der Waals surface area (Å²) in [6, 6.07) is 20.8. The van der Waals surface area contributed by atoms with Crippen molar-refractivity contribution in [1.29, 1.82) is 0 Å². The van der Waals surface area contributed by atoms with Gasteiger partial charge in [-0.15, -0.1) is 0 Å². The van der Waals surface area contributed by atoms with Gasteiger partial charge in [0.15, 0.2) is 0 Å². The second-order valence-electron chi connectivity index (χ2n) is 6.83. The first-order chi connectivity index (χ1) is 12.6. The van der Waals surface area contributed by atoms with Crippen molar-refractivity contribution in [3.8, 4) is 0 Å². The third-order valence-electron chi connectivity index (χ3n) is 5.16. The third kappa shape index (κ3) is 2.81. The highest BCUT2D eigenvalue weighted by atomic mass is 35.5. The largest absolute Gasteiger partial charge is 0.307 e. The molecule has 3 aromatic carbocycles. The molecule has 0 aliphatic carbocycles. The van der Waals surface area contributed by atoms with Gasteiger partial charge in [-0.05, 0) is 40.5 Å². The van der Waals surface area contributed by atoms with Crippen LogP contribution < -0.4 is 4.90 Å². The van der Waals surface area contributed by atoms with Gasteiger partial charge in [0.1, 0.15) is 0 Å². The smallest absolute Gasteiger partial charge is 0.228 e. The van der Waals surface area contributed by atoms with E-state index in [9.17, 15) is 4.79 Å². The minimum absolute atomic E-state index is 0.0460. The number of hydrogen-bond acceptors (Lipinski definition) is 1. The summed E-state index contributed by atoms with van der Waals surface area (Å²) in [6.45, 7) is 6.23. The fourth-order valence-electron chi connectivity index (χ4n) is 4.00. The molecule has 0 radical (unpaired) electrons. The summed E-state index contributed by atoms with van der Waals surface area (Å²) in [4.78, 5) is 14.7. The van der Waals surface area contributed by atoms with Crippen LogP contribution in [0.1, 0.15) is 29.0 Å². The molecular weight excluding hydrogens is 342 g/mol. The lowest BCUT2D eigenvalue weighted by Gasteiger charge is -2.35. The molecular formula is C23H20ClNO. The van der Waals surface area contributed by atoms with Crippen LogP contribution >= 0.6 is 11.6 Å². The van der Waals surface area contributed by atoms with Crippen LogP contribution in [0.3, 0.4) is 0 Å². The van der Waals surface area contributed by atoms with E-state index in [0.717, 1.165) is 5.69 Å². The number of halogens is 1.